The fourth-order valence-electron chi connectivity index (χ4n) is 2.93. The highest BCUT2D eigenvalue weighted by Crippen LogP contribution is 2.18. The summed E-state index contributed by atoms with van der Waals surface area (Å²) >= 11 is 1.63. The Hall–Kier alpha value is -3.16. The first kappa shape index (κ1) is 20.1. The highest BCUT2D eigenvalue weighted by atomic mass is 32.2. The molecule has 0 fully saturated rings. The molecule has 152 valence electrons. The summed E-state index contributed by atoms with van der Waals surface area (Å²) in [5.74, 6) is 1.76. The minimum absolute atomic E-state index is 0.574. The maximum Gasteiger partial charge on any atom is 0.214 e. The molecule has 1 heterocycles. The normalized spacial score (nSPS) is 10.8. The molecule has 4 rings (SSSR count). The Kier molecular flexibility index (Phi) is 7.09. The van der Waals surface area contributed by atoms with Gasteiger partial charge in [0, 0.05) is 18.8 Å². The summed E-state index contributed by atoms with van der Waals surface area (Å²) in [6.45, 7) is 2.21. The molecule has 30 heavy (non-hydrogen) atoms. The van der Waals surface area contributed by atoms with E-state index in [9.17, 15) is 0 Å². The summed E-state index contributed by atoms with van der Waals surface area (Å²) in [6.07, 6.45) is 0. The van der Waals surface area contributed by atoms with E-state index >= 15 is 0 Å². The molecular formula is C23H23N5OS. The number of ether oxygens (including phenoxy) is 1. The molecule has 0 spiro atoms. The molecule has 0 aliphatic rings. The van der Waals surface area contributed by atoms with Crippen LogP contribution in [0.2, 0.25) is 0 Å². The molecule has 0 aliphatic heterocycles. The molecule has 1 N–H and O–H groups in total. The van der Waals surface area contributed by atoms with Gasteiger partial charge in [-0.15, -0.1) is 5.10 Å². The van der Waals surface area contributed by atoms with Gasteiger partial charge in [-0.3, -0.25) is 0 Å². The molecule has 1 aromatic heterocycles. The van der Waals surface area contributed by atoms with Crippen molar-refractivity contribution in [2.24, 2.45) is 0 Å². The van der Waals surface area contributed by atoms with Crippen LogP contribution in [0.1, 0.15) is 11.1 Å². The van der Waals surface area contributed by atoms with Crippen molar-refractivity contribution in [3.63, 3.8) is 0 Å². The molecule has 0 unspecified atom stereocenters. The highest BCUT2D eigenvalue weighted by Gasteiger charge is 2.08. The standard InChI is InChI=1S/C23H23N5OS/c1-3-8-19(9-4-1)18-29-22-13-7-10-20(16-22)17-24-14-15-30-23-25-26-27-28(23)21-11-5-2-6-12-21/h1-13,16,24H,14-15,17-18H2. The number of nitrogens with one attached hydrogen (secondary N) is 1. The van der Waals surface area contributed by atoms with E-state index in [4.69, 9.17) is 4.74 Å². The number of hydrogen-bond acceptors (Lipinski definition) is 6. The molecule has 0 amide bonds. The van der Waals surface area contributed by atoms with Gasteiger partial charge in [0.25, 0.3) is 0 Å². The second-order valence-electron chi connectivity index (χ2n) is 6.66. The van der Waals surface area contributed by atoms with E-state index in [1.165, 1.54) is 5.56 Å². The van der Waals surface area contributed by atoms with Crippen LogP contribution in [-0.4, -0.2) is 32.5 Å². The van der Waals surface area contributed by atoms with Gasteiger partial charge in [-0.2, -0.15) is 4.68 Å². The van der Waals surface area contributed by atoms with Crippen LogP contribution < -0.4 is 10.1 Å². The van der Waals surface area contributed by atoms with Gasteiger partial charge in [0.2, 0.25) is 5.16 Å². The van der Waals surface area contributed by atoms with Crippen molar-refractivity contribution in [3.8, 4) is 11.4 Å². The fourth-order valence-corrected chi connectivity index (χ4v) is 3.72. The van der Waals surface area contributed by atoms with Crippen molar-refractivity contribution >= 4 is 11.8 Å². The Labute approximate surface area is 180 Å². The molecular weight excluding hydrogens is 394 g/mol. The zero-order valence-electron chi connectivity index (χ0n) is 16.5. The van der Waals surface area contributed by atoms with E-state index in [1.54, 1.807) is 16.4 Å². The SMILES string of the molecule is c1ccc(COc2cccc(CNCCSc3nnnn3-c3ccccc3)c2)cc1. The molecule has 0 saturated heterocycles. The molecule has 6 nitrogen and oxygen atoms in total. The summed E-state index contributed by atoms with van der Waals surface area (Å²) < 4.78 is 7.67. The van der Waals surface area contributed by atoms with Crippen LogP contribution in [-0.2, 0) is 13.2 Å². The largest absolute Gasteiger partial charge is 0.489 e. The topological polar surface area (TPSA) is 64.9 Å². The number of benzene rings is 3. The first-order valence-electron chi connectivity index (χ1n) is 9.81. The predicted molar refractivity (Wildman–Crippen MR) is 119 cm³/mol. The summed E-state index contributed by atoms with van der Waals surface area (Å²) in [5, 5.41) is 16.3. The monoisotopic (exact) mass is 417 g/mol. The quantitative estimate of drug-likeness (QED) is 0.309. The molecule has 0 aliphatic carbocycles. The lowest BCUT2D eigenvalue weighted by molar-refractivity contribution is 0.306. The smallest absolute Gasteiger partial charge is 0.214 e. The molecule has 0 bridgehead atoms. The van der Waals surface area contributed by atoms with Gasteiger partial charge in [0.05, 0.1) is 5.69 Å². The van der Waals surface area contributed by atoms with Gasteiger partial charge < -0.3 is 10.1 Å². The van der Waals surface area contributed by atoms with Crippen LogP contribution in [0.25, 0.3) is 5.69 Å². The van der Waals surface area contributed by atoms with Crippen molar-refractivity contribution < 1.29 is 4.74 Å². The van der Waals surface area contributed by atoms with Gasteiger partial charge in [0.1, 0.15) is 12.4 Å². The van der Waals surface area contributed by atoms with Crippen molar-refractivity contribution in [3.05, 3.63) is 96.1 Å². The van der Waals surface area contributed by atoms with E-state index in [0.717, 1.165) is 41.0 Å². The predicted octanol–water partition coefficient (Wildman–Crippen LogP) is 4.12. The van der Waals surface area contributed by atoms with E-state index in [-0.39, 0.29) is 0 Å². The zero-order chi connectivity index (χ0) is 20.4. The minimum atomic E-state index is 0.574. The lowest BCUT2D eigenvalue weighted by atomic mass is 10.2. The maximum absolute atomic E-state index is 5.91. The Morgan fingerprint density at radius 1 is 0.867 bits per heavy atom. The van der Waals surface area contributed by atoms with Crippen molar-refractivity contribution in [2.75, 3.05) is 12.3 Å². The van der Waals surface area contributed by atoms with Gasteiger partial charge in [-0.25, -0.2) is 0 Å². The van der Waals surface area contributed by atoms with Crippen LogP contribution in [0, 0.1) is 0 Å². The molecule has 0 atom stereocenters. The number of tetrazole rings is 1. The third kappa shape index (κ3) is 5.68. The van der Waals surface area contributed by atoms with E-state index < -0.39 is 0 Å². The third-order valence-electron chi connectivity index (χ3n) is 4.43. The van der Waals surface area contributed by atoms with E-state index in [0.29, 0.717) is 6.61 Å². The molecule has 0 saturated carbocycles. The van der Waals surface area contributed by atoms with Crippen LogP contribution in [0.5, 0.6) is 5.75 Å². The second kappa shape index (κ2) is 10.6. The van der Waals surface area contributed by atoms with Gasteiger partial charge >= 0.3 is 0 Å². The van der Waals surface area contributed by atoms with Crippen molar-refractivity contribution in [1.29, 1.82) is 0 Å². The minimum Gasteiger partial charge on any atom is -0.489 e. The first-order chi connectivity index (χ1) is 14.9. The van der Waals surface area contributed by atoms with Gasteiger partial charge in [-0.1, -0.05) is 72.4 Å². The highest BCUT2D eigenvalue weighted by molar-refractivity contribution is 7.99. The Bertz CT molecular complexity index is 1040. The fraction of sp³-hybridized carbons (Fsp3) is 0.174. The number of para-hydroxylation sites is 1. The lowest BCUT2D eigenvalue weighted by Gasteiger charge is -2.09. The van der Waals surface area contributed by atoms with Gasteiger partial charge in [0.15, 0.2) is 0 Å². The number of thioether (sulfide) groups is 1. The zero-order valence-corrected chi connectivity index (χ0v) is 17.3. The van der Waals surface area contributed by atoms with E-state index in [2.05, 4.69) is 45.1 Å². The number of rotatable bonds is 10. The Morgan fingerprint density at radius 2 is 1.63 bits per heavy atom. The maximum atomic E-state index is 5.91. The molecule has 7 heteroatoms. The van der Waals surface area contributed by atoms with Gasteiger partial charge in [-0.05, 0) is 45.8 Å². The van der Waals surface area contributed by atoms with E-state index in [1.807, 2.05) is 60.7 Å². The Balaban J connectivity index is 1.21. The average Bonchev–Trinajstić information content (AvgIpc) is 3.28. The Morgan fingerprint density at radius 3 is 2.47 bits per heavy atom. The third-order valence-corrected chi connectivity index (χ3v) is 5.35. The summed E-state index contributed by atoms with van der Waals surface area (Å²) in [6, 6.07) is 28.3. The average molecular weight is 418 g/mol. The van der Waals surface area contributed by atoms with Crippen LogP contribution in [0.3, 0.4) is 0 Å². The summed E-state index contributed by atoms with van der Waals surface area (Å²) in [4.78, 5) is 0. The van der Waals surface area contributed by atoms with Crippen molar-refractivity contribution in [1.82, 2.24) is 25.5 Å². The second-order valence-corrected chi connectivity index (χ2v) is 7.72. The summed E-state index contributed by atoms with van der Waals surface area (Å²) in [5.41, 5.74) is 3.32. The first-order valence-corrected chi connectivity index (χ1v) is 10.8. The van der Waals surface area contributed by atoms with Crippen molar-refractivity contribution in [2.45, 2.75) is 18.3 Å². The number of hydrogen-bond donors (Lipinski definition) is 1. The molecule has 0 radical (unpaired) electrons. The molecule has 4 aromatic rings. The number of nitrogens with zero attached hydrogens (tertiary/aromatic N) is 4. The van der Waals surface area contributed by atoms with Crippen LogP contribution in [0.4, 0.5) is 0 Å². The number of aromatic nitrogens is 4. The lowest BCUT2D eigenvalue weighted by Crippen LogP contribution is -2.16. The van der Waals surface area contributed by atoms with Crippen LogP contribution in [0.15, 0.2) is 90.1 Å². The molecule has 3 aromatic carbocycles. The van der Waals surface area contributed by atoms with Crippen LogP contribution >= 0.6 is 11.8 Å². The summed E-state index contributed by atoms with van der Waals surface area (Å²) in [7, 11) is 0.